The molecule has 0 spiro atoms. The highest BCUT2D eigenvalue weighted by atomic mass is 32.2. The number of hydrogen-bond donors (Lipinski definition) is 2. The van der Waals surface area contributed by atoms with Crippen LogP contribution in [0.5, 0.6) is 11.5 Å². The van der Waals surface area contributed by atoms with Crippen molar-refractivity contribution in [2.75, 3.05) is 18.6 Å². The minimum absolute atomic E-state index is 0.00213. The Kier molecular flexibility index (Phi) is 6.77. The molecular weight excluding hydrogens is 410 g/mol. The molecule has 1 unspecified atom stereocenters. The van der Waals surface area contributed by atoms with Crippen LogP contribution in [0.2, 0.25) is 0 Å². The maximum Gasteiger partial charge on any atom is 0.233 e. The fourth-order valence-electron chi connectivity index (χ4n) is 2.32. The van der Waals surface area contributed by atoms with Crippen LogP contribution in [-0.4, -0.2) is 63.3 Å². The highest BCUT2D eigenvalue weighted by Gasteiger charge is 2.27. The van der Waals surface area contributed by atoms with Crippen LogP contribution in [0.15, 0.2) is 58.3 Å². The molecule has 0 saturated heterocycles. The Labute approximate surface area is 162 Å². The normalized spacial score (nSPS) is 13.0. The Morgan fingerprint density at radius 1 is 1.07 bits per heavy atom. The van der Waals surface area contributed by atoms with Gasteiger partial charge in [0, 0.05) is 6.26 Å². The number of aliphatic hydroxyl groups is 1. The predicted octanol–water partition coefficient (Wildman–Crippen LogP) is 0.865. The molecule has 2 N–H and O–H groups in total. The number of rotatable bonds is 9. The molecule has 0 aliphatic carbocycles. The lowest BCUT2D eigenvalue weighted by molar-refractivity contribution is -0.161. The van der Waals surface area contributed by atoms with Gasteiger partial charge in [0.1, 0.15) is 16.4 Å². The first-order valence-electron chi connectivity index (χ1n) is 7.91. The Hall–Kier alpha value is -2.47. The third-order valence-electron chi connectivity index (χ3n) is 3.77. The lowest BCUT2D eigenvalue weighted by atomic mass is 10.3. The predicted molar refractivity (Wildman–Crippen MR) is 98.7 cm³/mol. The van der Waals surface area contributed by atoms with Crippen LogP contribution in [-0.2, 0) is 24.5 Å². The second-order valence-electron chi connectivity index (χ2n) is 5.90. The molecule has 9 nitrogen and oxygen atoms in total. The number of aliphatic hydroxyl groups excluding tert-OH is 1. The summed E-state index contributed by atoms with van der Waals surface area (Å²) in [5.41, 5.74) is 0. The summed E-state index contributed by atoms with van der Waals surface area (Å²) in [6.07, 6.45) is 1.06. The number of para-hydroxylation sites is 1. The van der Waals surface area contributed by atoms with Gasteiger partial charge in [-0.2, -0.15) is 0 Å². The molecule has 2 aromatic carbocycles. The zero-order valence-corrected chi connectivity index (χ0v) is 16.4. The first kappa shape index (κ1) is 21.8. The van der Waals surface area contributed by atoms with Gasteiger partial charge in [-0.15, -0.1) is 0 Å². The topological polar surface area (TPSA) is 138 Å². The first-order valence-corrected chi connectivity index (χ1v) is 11.5. The fourth-order valence-corrected chi connectivity index (χ4v) is 4.59. The van der Waals surface area contributed by atoms with E-state index < -0.39 is 38.1 Å². The van der Waals surface area contributed by atoms with E-state index in [2.05, 4.69) is 0 Å². The molecule has 0 saturated carbocycles. The molecule has 1 atom stereocenters. The molecule has 1 amide bonds. The van der Waals surface area contributed by atoms with Gasteiger partial charge < -0.3 is 9.84 Å². The van der Waals surface area contributed by atoms with Crippen molar-refractivity contribution in [2.45, 2.75) is 15.8 Å². The second-order valence-corrected chi connectivity index (χ2v) is 9.91. The zero-order valence-electron chi connectivity index (χ0n) is 14.8. The smallest absolute Gasteiger partial charge is 0.233 e. The van der Waals surface area contributed by atoms with Gasteiger partial charge in [-0.25, -0.2) is 21.9 Å². The van der Waals surface area contributed by atoms with E-state index in [0.717, 1.165) is 6.26 Å². The minimum Gasteiger partial charge on any atom is -0.456 e. The Bertz CT molecular complexity index is 1030. The highest BCUT2D eigenvalue weighted by molar-refractivity contribution is 7.91. The van der Waals surface area contributed by atoms with Gasteiger partial charge in [0.2, 0.25) is 6.41 Å². The van der Waals surface area contributed by atoms with E-state index in [9.17, 15) is 31.9 Å². The molecule has 2 aromatic rings. The molecule has 28 heavy (non-hydrogen) atoms. The summed E-state index contributed by atoms with van der Waals surface area (Å²) >= 11 is 0. The van der Waals surface area contributed by atoms with Gasteiger partial charge in [0.15, 0.2) is 19.7 Å². The molecule has 2 rings (SSSR count). The van der Waals surface area contributed by atoms with Gasteiger partial charge in [-0.3, -0.25) is 10.0 Å². The molecule has 0 heterocycles. The summed E-state index contributed by atoms with van der Waals surface area (Å²) < 4.78 is 54.0. The third kappa shape index (κ3) is 5.29. The lowest BCUT2D eigenvalue weighted by Crippen LogP contribution is -2.39. The molecule has 0 bridgehead atoms. The molecule has 0 fully saturated rings. The van der Waals surface area contributed by atoms with Crippen LogP contribution in [0.4, 0.5) is 0 Å². The quantitative estimate of drug-likeness (QED) is 0.340. The molecule has 0 aromatic heterocycles. The van der Waals surface area contributed by atoms with E-state index in [1.54, 1.807) is 6.07 Å². The summed E-state index contributed by atoms with van der Waals surface area (Å²) in [5, 5.41) is 18.7. The number of hydrogen-bond acceptors (Lipinski definition) is 8. The monoisotopic (exact) mass is 429 g/mol. The third-order valence-corrected chi connectivity index (χ3v) is 6.73. The summed E-state index contributed by atoms with van der Waals surface area (Å²) in [7, 11) is -7.43. The maximum absolute atomic E-state index is 12.7. The molecular formula is C17H19NO8S2. The van der Waals surface area contributed by atoms with Gasteiger partial charge in [-0.1, -0.05) is 12.1 Å². The number of amides is 1. The fraction of sp³-hybridized carbons (Fsp3) is 0.235. The summed E-state index contributed by atoms with van der Waals surface area (Å²) in [4.78, 5) is 10.5. The van der Waals surface area contributed by atoms with E-state index in [1.165, 1.54) is 42.5 Å². The number of carbonyl (C=O) groups is 1. The van der Waals surface area contributed by atoms with Gasteiger partial charge >= 0.3 is 0 Å². The van der Waals surface area contributed by atoms with Crippen LogP contribution >= 0.6 is 0 Å². The first-order chi connectivity index (χ1) is 13.1. The molecule has 11 heteroatoms. The Morgan fingerprint density at radius 3 is 2.21 bits per heavy atom. The van der Waals surface area contributed by atoms with Crippen LogP contribution in [0, 0.1) is 0 Å². The molecule has 152 valence electrons. The van der Waals surface area contributed by atoms with Crippen molar-refractivity contribution >= 4 is 26.1 Å². The van der Waals surface area contributed by atoms with Gasteiger partial charge in [0.05, 0.1) is 23.3 Å². The number of hydroxylamine groups is 2. The Balaban J connectivity index is 2.33. The number of ether oxygens (including phenoxy) is 1. The second kappa shape index (κ2) is 8.69. The van der Waals surface area contributed by atoms with E-state index in [4.69, 9.17) is 4.74 Å². The van der Waals surface area contributed by atoms with Gasteiger partial charge in [0.25, 0.3) is 0 Å². The lowest BCUT2D eigenvalue weighted by Gasteiger charge is -2.20. The van der Waals surface area contributed by atoms with Crippen molar-refractivity contribution in [1.29, 1.82) is 0 Å². The average molecular weight is 429 g/mol. The SMILES string of the molecule is CS(=O)(=O)c1ccc(Oc2ccccc2S(=O)(=O)CC(CO)N(O)C=O)cc1. The Morgan fingerprint density at radius 2 is 1.68 bits per heavy atom. The standard InChI is InChI=1S/C17H19NO8S2/c1-27(22,23)15-8-6-14(7-9-15)26-16-4-2-3-5-17(16)28(24,25)11-13(10-19)18(21)12-20/h2-9,12-13,19,21H,10-11H2,1H3. The zero-order chi connectivity index (χ0) is 20.9. The number of carbonyl (C=O) groups excluding carboxylic acids is 1. The van der Waals surface area contributed by atoms with Crippen LogP contribution in [0.25, 0.3) is 0 Å². The van der Waals surface area contributed by atoms with E-state index in [-0.39, 0.29) is 32.8 Å². The molecule has 0 aliphatic rings. The number of sulfone groups is 2. The van der Waals surface area contributed by atoms with Crippen molar-refractivity contribution < 1.29 is 36.7 Å². The minimum atomic E-state index is -4.05. The average Bonchev–Trinajstić information content (AvgIpc) is 2.65. The maximum atomic E-state index is 12.7. The highest BCUT2D eigenvalue weighted by Crippen LogP contribution is 2.30. The number of nitrogens with zero attached hydrogens (tertiary/aromatic N) is 1. The largest absolute Gasteiger partial charge is 0.456 e. The molecule has 0 radical (unpaired) electrons. The summed E-state index contributed by atoms with van der Waals surface area (Å²) in [6.45, 7) is -0.759. The molecule has 0 aliphatic heterocycles. The van der Waals surface area contributed by atoms with Crippen molar-refractivity contribution in [2.24, 2.45) is 0 Å². The van der Waals surface area contributed by atoms with Crippen LogP contribution < -0.4 is 4.74 Å². The van der Waals surface area contributed by atoms with E-state index in [0.29, 0.717) is 0 Å². The van der Waals surface area contributed by atoms with Crippen molar-refractivity contribution in [3.05, 3.63) is 48.5 Å². The van der Waals surface area contributed by atoms with E-state index >= 15 is 0 Å². The summed E-state index contributed by atoms with van der Waals surface area (Å²) in [6, 6.07) is 9.80. The number of benzene rings is 2. The van der Waals surface area contributed by atoms with Crippen molar-refractivity contribution in [1.82, 2.24) is 5.06 Å². The van der Waals surface area contributed by atoms with Crippen LogP contribution in [0.1, 0.15) is 0 Å². The summed E-state index contributed by atoms with van der Waals surface area (Å²) in [5.74, 6) is -0.543. The van der Waals surface area contributed by atoms with Crippen LogP contribution in [0.3, 0.4) is 0 Å². The van der Waals surface area contributed by atoms with Gasteiger partial charge in [-0.05, 0) is 36.4 Å². The van der Waals surface area contributed by atoms with Crippen molar-refractivity contribution in [3.63, 3.8) is 0 Å². The van der Waals surface area contributed by atoms with E-state index in [1.807, 2.05) is 0 Å². The van der Waals surface area contributed by atoms with Crippen molar-refractivity contribution in [3.8, 4) is 11.5 Å².